The van der Waals surface area contributed by atoms with Crippen LogP contribution in [0.3, 0.4) is 0 Å². The van der Waals surface area contributed by atoms with Gasteiger partial charge in [0.2, 0.25) is 5.91 Å². The lowest BCUT2D eigenvalue weighted by Gasteiger charge is -2.25. The van der Waals surface area contributed by atoms with Gasteiger partial charge in [0.15, 0.2) is 0 Å². The van der Waals surface area contributed by atoms with Gasteiger partial charge >= 0.3 is 0 Å². The predicted molar refractivity (Wildman–Crippen MR) is 112 cm³/mol. The van der Waals surface area contributed by atoms with E-state index in [1.807, 2.05) is 120 Å². The van der Waals surface area contributed by atoms with E-state index < -0.39 is 6.04 Å². The van der Waals surface area contributed by atoms with E-state index in [1.54, 1.807) is 0 Å². The molecule has 0 unspecified atom stereocenters. The minimum Gasteiger partial charge on any atom is -0.343 e. The molecule has 4 aromatic rings. The van der Waals surface area contributed by atoms with Crippen molar-refractivity contribution in [1.29, 1.82) is 0 Å². The third-order valence-corrected chi connectivity index (χ3v) is 4.84. The van der Waals surface area contributed by atoms with Crippen molar-refractivity contribution in [3.63, 3.8) is 0 Å². The monoisotopic (exact) mass is 366 g/mol. The lowest BCUT2D eigenvalue weighted by molar-refractivity contribution is -0.123. The normalized spacial score (nSPS) is 11.9. The lowest BCUT2D eigenvalue weighted by Crippen LogP contribution is -2.36. The zero-order valence-corrected chi connectivity index (χ0v) is 15.5. The van der Waals surface area contributed by atoms with Gasteiger partial charge in [0.1, 0.15) is 6.04 Å². The fourth-order valence-electron chi connectivity index (χ4n) is 3.49. The van der Waals surface area contributed by atoms with Gasteiger partial charge in [-0.25, -0.2) is 0 Å². The van der Waals surface area contributed by atoms with Gasteiger partial charge < -0.3 is 9.88 Å². The molecule has 4 rings (SSSR count). The Morgan fingerprint density at radius 2 is 1.04 bits per heavy atom. The Labute approximate surface area is 165 Å². The van der Waals surface area contributed by atoms with Crippen LogP contribution < -0.4 is 5.32 Å². The maximum atomic E-state index is 13.5. The summed E-state index contributed by atoms with van der Waals surface area (Å²) in [5.74, 6) is -0.0416. The third kappa shape index (κ3) is 3.89. The molecule has 3 nitrogen and oxygen atoms in total. The molecule has 0 aliphatic heterocycles. The summed E-state index contributed by atoms with van der Waals surface area (Å²) >= 11 is 0. The van der Waals surface area contributed by atoms with Crippen molar-refractivity contribution in [2.75, 3.05) is 0 Å². The summed E-state index contributed by atoms with van der Waals surface area (Å²) in [5, 5.41) is 3.28. The zero-order chi connectivity index (χ0) is 19.2. The zero-order valence-electron chi connectivity index (χ0n) is 15.5. The highest BCUT2D eigenvalue weighted by atomic mass is 16.2. The minimum atomic E-state index is -0.425. The number of hydrogen-bond acceptors (Lipinski definition) is 1. The highest BCUT2D eigenvalue weighted by Gasteiger charge is 2.25. The molecular formula is C25H22N2O. The first-order chi connectivity index (χ1) is 13.8. The first-order valence-corrected chi connectivity index (χ1v) is 9.40. The van der Waals surface area contributed by atoms with Crippen LogP contribution in [0.15, 0.2) is 116 Å². The Hall–Kier alpha value is -3.59. The second kappa shape index (κ2) is 8.40. The van der Waals surface area contributed by atoms with Crippen LogP contribution in [0.4, 0.5) is 0 Å². The van der Waals surface area contributed by atoms with Crippen LogP contribution in [0.5, 0.6) is 0 Å². The smallest absolute Gasteiger partial charge is 0.248 e. The molecule has 0 radical (unpaired) electrons. The van der Waals surface area contributed by atoms with Gasteiger partial charge in [-0.3, -0.25) is 4.79 Å². The number of benzene rings is 3. The molecule has 3 heteroatoms. The van der Waals surface area contributed by atoms with E-state index >= 15 is 0 Å². The Morgan fingerprint density at radius 1 is 0.607 bits per heavy atom. The molecule has 28 heavy (non-hydrogen) atoms. The van der Waals surface area contributed by atoms with Crippen molar-refractivity contribution >= 4 is 5.91 Å². The molecule has 0 fully saturated rings. The summed E-state index contributed by atoms with van der Waals surface area (Å²) in [4.78, 5) is 13.5. The van der Waals surface area contributed by atoms with E-state index in [-0.39, 0.29) is 11.9 Å². The standard InChI is InChI=1S/C25H22N2O/c28-25(24(27-18-10-11-19-27)22-16-8-3-9-17-22)26-23(20-12-4-1-5-13-20)21-14-6-2-7-15-21/h1-19,23-24H,(H,26,28)/t24-/m1/s1. The molecule has 1 aromatic heterocycles. The van der Waals surface area contributed by atoms with Gasteiger partial charge in [0.05, 0.1) is 6.04 Å². The number of nitrogens with zero attached hydrogens (tertiary/aromatic N) is 1. The molecule has 0 saturated heterocycles. The van der Waals surface area contributed by atoms with Gasteiger partial charge in [0.25, 0.3) is 0 Å². The van der Waals surface area contributed by atoms with Crippen LogP contribution in [0.25, 0.3) is 0 Å². The SMILES string of the molecule is O=C(NC(c1ccccc1)c1ccccc1)[C@@H](c1ccccc1)n1cccc1. The third-order valence-electron chi connectivity index (χ3n) is 4.84. The number of carbonyl (C=O) groups is 1. The molecule has 1 N–H and O–H groups in total. The fraction of sp³-hybridized carbons (Fsp3) is 0.0800. The molecule has 0 spiro atoms. The Bertz CT molecular complexity index is 957. The second-order valence-corrected chi connectivity index (χ2v) is 6.71. The first kappa shape index (κ1) is 17.8. The minimum absolute atomic E-state index is 0.0416. The van der Waals surface area contributed by atoms with E-state index in [0.29, 0.717) is 0 Å². The quantitative estimate of drug-likeness (QED) is 0.513. The molecule has 1 amide bonds. The molecule has 3 aromatic carbocycles. The number of hydrogen-bond donors (Lipinski definition) is 1. The number of amides is 1. The average molecular weight is 366 g/mol. The van der Waals surface area contributed by atoms with Crippen molar-refractivity contribution in [2.24, 2.45) is 0 Å². The fourth-order valence-corrected chi connectivity index (χ4v) is 3.49. The summed E-state index contributed by atoms with van der Waals surface area (Å²) in [5.41, 5.74) is 3.07. The summed E-state index contributed by atoms with van der Waals surface area (Å²) in [6.07, 6.45) is 3.86. The average Bonchev–Trinajstić information content (AvgIpc) is 3.28. The molecule has 138 valence electrons. The number of nitrogens with one attached hydrogen (secondary N) is 1. The largest absolute Gasteiger partial charge is 0.343 e. The maximum absolute atomic E-state index is 13.5. The van der Waals surface area contributed by atoms with E-state index in [1.165, 1.54) is 0 Å². The molecule has 0 bridgehead atoms. The van der Waals surface area contributed by atoms with Crippen LogP contribution >= 0.6 is 0 Å². The Morgan fingerprint density at radius 3 is 1.50 bits per heavy atom. The highest BCUT2D eigenvalue weighted by molar-refractivity contribution is 5.84. The van der Waals surface area contributed by atoms with E-state index in [2.05, 4.69) is 5.32 Å². The van der Waals surface area contributed by atoms with Crippen molar-refractivity contribution in [3.05, 3.63) is 132 Å². The second-order valence-electron chi connectivity index (χ2n) is 6.71. The van der Waals surface area contributed by atoms with Crippen molar-refractivity contribution in [2.45, 2.75) is 12.1 Å². The molecule has 0 aliphatic carbocycles. The number of aromatic nitrogens is 1. The van der Waals surface area contributed by atoms with Gasteiger partial charge in [0, 0.05) is 12.4 Å². The summed E-state index contributed by atoms with van der Waals surface area (Å²) in [7, 11) is 0. The summed E-state index contributed by atoms with van der Waals surface area (Å²) < 4.78 is 1.94. The van der Waals surface area contributed by atoms with Crippen molar-refractivity contribution < 1.29 is 4.79 Å². The molecule has 1 atom stereocenters. The van der Waals surface area contributed by atoms with Crippen LogP contribution in [-0.4, -0.2) is 10.5 Å². The predicted octanol–water partition coefficient (Wildman–Crippen LogP) is 4.98. The van der Waals surface area contributed by atoms with E-state index in [4.69, 9.17) is 0 Å². The van der Waals surface area contributed by atoms with Crippen molar-refractivity contribution in [1.82, 2.24) is 9.88 Å². The van der Waals surface area contributed by atoms with Crippen LogP contribution in [-0.2, 0) is 4.79 Å². The molecule has 1 heterocycles. The van der Waals surface area contributed by atoms with E-state index in [0.717, 1.165) is 16.7 Å². The Balaban J connectivity index is 1.70. The van der Waals surface area contributed by atoms with Crippen LogP contribution in [0.1, 0.15) is 28.8 Å². The number of rotatable bonds is 6. The number of carbonyl (C=O) groups excluding carboxylic acids is 1. The van der Waals surface area contributed by atoms with Gasteiger partial charge in [-0.15, -0.1) is 0 Å². The first-order valence-electron chi connectivity index (χ1n) is 9.40. The van der Waals surface area contributed by atoms with Gasteiger partial charge in [-0.05, 0) is 28.8 Å². The molecule has 0 saturated carbocycles. The van der Waals surface area contributed by atoms with Crippen LogP contribution in [0.2, 0.25) is 0 Å². The molecule has 0 aliphatic rings. The maximum Gasteiger partial charge on any atom is 0.248 e. The van der Waals surface area contributed by atoms with Gasteiger partial charge in [-0.2, -0.15) is 0 Å². The van der Waals surface area contributed by atoms with E-state index in [9.17, 15) is 4.79 Å². The molecular weight excluding hydrogens is 344 g/mol. The van der Waals surface area contributed by atoms with Crippen molar-refractivity contribution in [3.8, 4) is 0 Å². The topological polar surface area (TPSA) is 34.0 Å². The lowest BCUT2D eigenvalue weighted by atomic mass is 9.97. The van der Waals surface area contributed by atoms with Gasteiger partial charge in [-0.1, -0.05) is 91.0 Å². The summed E-state index contributed by atoms with van der Waals surface area (Å²) in [6, 6.07) is 33.3. The highest BCUT2D eigenvalue weighted by Crippen LogP contribution is 2.25. The summed E-state index contributed by atoms with van der Waals surface area (Å²) in [6.45, 7) is 0. The van der Waals surface area contributed by atoms with Crippen LogP contribution in [0, 0.1) is 0 Å². The Kier molecular flexibility index (Phi) is 5.34.